The summed E-state index contributed by atoms with van der Waals surface area (Å²) in [5.41, 5.74) is 5.55. The number of thiophene rings is 1. The fourth-order valence-corrected chi connectivity index (χ4v) is 2.88. The second-order valence-corrected chi connectivity index (χ2v) is 5.73. The first-order chi connectivity index (χ1) is 9.57. The summed E-state index contributed by atoms with van der Waals surface area (Å²) in [4.78, 5) is 17.3. The fraction of sp³-hybridized carbons (Fsp3) is 0.417. The van der Waals surface area contributed by atoms with Crippen LogP contribution in [0.4, 0.5) is 0 Å². The van der Waals surface area contributed by atoms with Crippen LogP contribution < -0.4 is 5.73 Å². The van der Waals surface area contributed by atoms with Gasteiger partial charge in [-0.15, -0.1) is 0 Å². The Balaban J connectivity index is 1.66. The summed E-state index contributed by atoms with van der Waals surface area (Å²) in [6, 6.07) is 1.91. The van der Waals surface area contributed by atoms with Crippen LogP contribution in [-0.4, -0.2) is 44.7 Å². The summed E-state index contributed by atoms with van der Waals surface area (Å²) in [5.74, 6) is 0.0607. The molecule has 8 heteroatoms. The normalized spacial score (nSPS) is 23.2. The molecule has 0 aliphatic carbocycles. The highest BCUT2D eigenvalue weighted by atomic mass is 32.1. The van der Waals surface area contributed by atoms with Crippen molar-refractivity contribution < 1.29 is 14.4 Å². The van der Waals surface area contributed by atoms with Gasteiger partial charge in [0.25, 0.3) is 5.89 Å². The van der Waals surface area contributed by atoms with E-state index in [2.05, 4.69) is 10.1 Å². The number of aromatic nitrogens is 2. The molecule has 0 bridgehead atoms. The van der Waals surface area contributed by atoms with E-state index in [9.17, 15) is 4.79 Å². The third-order valence-electron chi connectivity index (χ3n) is 3.41. The van der Waals surface area contributed by atoms with Crippen molar-refractivity contribution in [2.45, 2.75) is 18.5 Å². The van der Waals surface area contributed by atoms with E-state index in [1.165, 1.54) is 0 Å². The number of carboxylic acid groups (broad SMARTS) is 1. The van der Waals surface area contributed by atoms with E-state index in [0.717, 1.165) is 5.56 Å². The molecule has 1 aliphatic heterocycles. The van der Waals surface area contributed by atoms with Gasteiger partial charge in [0.05, 0.1) is 12.1 Å². The van der Waals surface area contributed by atoms with Crippen molar-refractivity contribution >= 4 is 17.3 Å². The van der Waals surface area contributed by atoms with Gasteiger partial charge >= 0.3 is 5.97 Å². The molecule has 1 fully saturated rings. The number of hydrogen-bond donors (Lipinski definition) is 2. The molecule has 3 heterocycles. The van der Waals surface area contributed by atoms with Gasteiger partial charge < -0.3 is 15.4 Å². The van der Waals surface area contributed by atoms with E-state index in [0.29, 0.717) is 37.8 Å². The number of nitrogens with two attached hydrogens (primary N) is 1. The maximum absolute atomic E-state index is 11.1. The topological polar surface area (TPSA) is 105 Å². The monoisotopic (exact) mass is 294 g/mol. The van der Waals surface area contributed by atoms with Gasteiger partial charge in [-0.05, 0) is 17.9 Å². The minimum atomic E-state index is -1.17. The van der Waals surface area contributed by atoms with Crippen LogP contribution in [0.2, 0.25) is 0 Å². The summed E-state index contributed by atoms with van der Waals surface area (Å²) in [6.45, 7) is 1.36. The van der Waals surface area contributed by atoms with Crippen LogP contribution in [0.3, 0.4) is 0 Å². The molecule has 0 aromatic carbocycles. The van der Waals surface area contributed by atoms with Gasteiger partial charge in [0, 0.05) is 18.5 Å². The maximum atomic E-state index is 11.1. The third kappa shape index (κ3) is 2.45. The number of carboxylic acids is 1. The molecular formula is C12H14N4O3S. The van der Waals surface area contributed by atoms with Gasteiger partial charge in [-0.2, -0.15) is 16.3 Å². The Kier molecular flexibility index (Phi) is 3.28. The second kappa shape index (κ2) is 4.97. The number of carbonyl (C=O) groups is 1. The Morgan fingerprint density at radius 2 is 2.50 bits per heavy atom. The van der Waals surface area contributed by atoms with Gasteiger partial charge in [0.2, 0.25) is 0 Å². The van der Waals surface area contributed by atoms with Crippen LogP contribution in [0.1, 0.15) is 12.2 Å². The summed E-state index contributed by atoms with van der Waals surface area (Å²) >= 11 is 1.56. The Labute approximate surface area is 119 Å². The van der Waals surface area contributed by atoms with E-state index < -0.39 is 11.5 Å². The Bertz CT molecular complexity index is 612. The first kappa shape index (κ1) is 13.2. The largest absolute Gasteiger partial charge is 0.480 e. The molecular weight excluding hydrogens is 280 g/mol. The Morgan fingerprint density at radius 1 is 1.65 bits per heavy atom. The Hall–Kier alpha value is -1.77. The fourth-order valence-electron chi connectivity index (χ4n) is 2.25. The smallest absolute Gasteiger partial charge is 0.325 e. The lowest BCUT2D eigenvalue weighted by Gasteiger charge is -2.18. The summed E-state index contributed by atoms with van der Waals surface area (Å²) in [7, 11) is 0. The second-order valence-electron chi connectivity index (χ2n) is 4.95. The van der Waals surface area contributed by atoms with Crippen LogP contribution in [0.15, 0.2) is 21.3 Å². The van der Waals surface area contributed by atoms with Crippen LogP contribution in [0.25, 0.3) is 11.5 Å². The lowest BCUT2D eigenvalue weighted by atomic mass is 10.0. The number of likely N-dealkylation sites (tertiary alicyclic amines) is 1. The SMILES string of the molecule is NC1(C(=O)O)CCN(Cc2noc(-c3ccsc3)n2)C1. The number of hydrogen-bond acceptors (Lipinski definition) is 7. The molecule has 1 saturated heterocycles. The minimum absolute atomic E-state index is 0.296. The molecule has 0 radical (unpaired) electrons. The van der Waals surface area contributed by atoms with Crippen LogP contribution in [0, 0.1) is 0 Å². The van der Waals surface area contributed by atoms with Gasteiger partial charge in [0.15, 0.2) is 5.82 Å². The van der Waals surface area contributed by atoms with Gasteiger partial charge in [-0.1, -0.05) is 5.16 Å². The van der Waals surface area contributed by atoms with E-state index in [1.807, 2.05) is 21.7 Å². The highest BCUT2D eigenvalue weighted by molar-refractivity contribution is 7.08. The van der Waals surface area contributed by atoms with Crippen LogP contribution >= 0.6 is 11.3 Å². The summed E-state index contributed by atoms with van der Waals surface area (Å²) < 4.78 is 5.19. The number of rotatable bonds is 4. The molecule has 3 rings (SSSR count). The van der Waals surface area contributed by atoms with Crippen molar-refractivity contribution in [2.24, 2.45) is 5.73 Å². The zero-order valence-electron chi connectivity index (χ0n) is 10.7. The van der Waals surface area contributed by atoms with Gasteiger partial charge in [0.1, 0.15) is 5.54 Å². The van der Waals surface area contributed by atoms with Crippen molar-refractivity contribution in [3.63, 3.8) is 0 Å². The first-order valence-electron chi connectivity index (χ1n) is 6.17. The molecule has 1 aliphatic rings. The Morgan fingerprint density at radius 3 is 3.15 bits per heavy atom. The molecule has 0 saturated carbocycles. The van der Waals surface area contributed by atoms with E-state index in [-0.39, 0.29) is 0 Å². The molecule has 0 spiro atoms. The number of nitrogens with zero attached hydrogens (tertiary/aromatic N) is 3. The number of aliphatic carboxylic acids is 1. The quantitative estimate of drug-likeness (QED) is 0.858. The van der Waals surface area contributed by atoms with E-state index >= 15 is 0 Å². The third-order valence-corrected chi connectivity index (χ3v) is 4.09. The highest BCUT2D eigenvalue weighted by Gasteiger charge is 2.41. The van der Waals surface area contributed by atoms with E-state index in [4.69, 9.17) is 15.4 Å². The molecule has 20 heavy (non-hydrogen) atoms. The van der Waals surface area contributed by atoms with E-state index in [1.54, 1.807) is 11.3 Å². The summed E-state index contributed by atoms with van der Waals surface area (Å²) in [6.07, 6.45) is 0.428. The predicted octanol–water partition coefficient (Wildman–Crippen LogP) is 0.786. The van der Waals surface area contributed by atoms with Crippen molar-refractivity contribution in [3.05, 3.63) is 22.7 Å². The molecule has 7 nitrogen and oxygen atoms in total. The average Bonchev–Trinajstić information content (AvgIpc) is 3.10. The van der Waals surface area contributed by atoms with Crippen molar-refractivity contribution in [3.8, 4) is 11.5 Å². The van der Waals surface area contributed by atoms with Crippen LogP contribution in [-0.2, 0) is 11.3 Å². The molecule has 0 amide bonds. The lowest BCUT2D eigenvalue weighted by Crippen LogP contribution is -2.50. The average molecular weight is 294 g/mol. The molecule has 1 atom stereocenters. The first-order valence-corrected chi connectivity index (χ1v) is 7.11. The van der Waals surface area contributed by atoms with Crippen molar-refractivity contribution in [2.75, 3.05) is 13.1 Å². The predicted molar refractivity (Wildman–Crippen MR) is 72.1 cm³/mol. The van der Waals surface area contributed by atoms with Gasteiger partial charge in [-0.3, -0.25) is 9.69 Å². The molecule has 2 aromatic rings. The molecule has 3 N–H and O–H groups in total. The molecule has 1 unspecified atom stereocenters. The minimum Gasteiger partial charge on any atom is -0.480 e. The van der Waals surface area contributed by atoms with Gasteiger partial charge in [-0.25, -0.2) is 0 Å². The van der Waals surface area contributed by atoms with Crippen molar-refractivity contribution in [1.29, 1.82) is 0 Å². The lowest BCUT2D eigenvalue weighted by molar-refractivity contribution is -0.142. The zero-order valence-corrected chi connectivity index (χ0v) is 11.5. The van der Waals surface area contributed by atoms with Crippen molar-refractivity contribution in [1.82, 2.24) is 15.0 Å². The maximum Gasteiger partial charge on any atom is 0.325 e. The van der Waals surface area contributed by atoms with Crippen LogP contribution in [0.5, 0.6) is 0 Å². The zero-order chi connectivity index (χ0) is 14.2. The summed E-state index contributed by atoms with van der Waals surface area (Å²) in [5, 5.41) is 16.9. The molecule has 2 aromatic heterocycles. The standard InChI is InChI=1S/C12H14N4O3S/c13-12(11(17)18)2-3-16(7-12)5-9-14-10(19-15-9)8-1-4-20-6-8/h1,4,6H,2-3,5,7,13H2,(H,17,18). The molecule has 106 valence electrons. The highest BCUT2D eigenvalue weighted by Crippen LogP contribution is 2.23.